The maximum Gasteiger partial charge on any atom is 0.357 e. The van der Waals surface area contributed by atoms with E-state index in [2.05, 4.69) is 11.1 Å². The number of aromatic nitrogens is 1. The lowest BCUT2D eigenvalue weighted by atomic mass is 9.75. The summed E-state index contributed by atoms with van der Waals surface area (Å²) in [5, 5.41) is 9.72. The second kappa shape index (κ2) is 5.55. The van der Waals surface area contributed by atoms with Gasteiger partial charge in [0.15, 0.2) is 5.69 Å². The zero-order valence-corrected chi connectivity index (χ0v) is 11.2. The highest BCUT2D eigenvalue weighted by molar-refractivity contribution is 6.29. The van der Waals surface area contributed by atoms with Crippen molar-refractivity contribution in [3.63, 3.8) is 0 Å². The van der Waals surface area contributed by atoms with Crippen molar-refractivity contribution in [2.24, 2.45) is 0 Å². The zero-order chi connectivity index (χ0) is 13.9. The Morgan fingerprint density at radius 3 is 2.79 bits per heavy atom. The molecule has 0 bridgehead atoms. The van der Waals surface area contributed by atoms with E-state index in [1.165, 1.54) is 7.11 Å². The molecule has 1 aromatic rings. The summed E-state index contributed by atoms with van der Waals surface area (Å²) in [5.74, 6) is -0.585. The molecule has 0 amide bonds. The summed E-state index contributed by atoms with van der Waals surface area (Å²) in [7, 11) is 1.28. The van der Waals surface area contributed by atoms with Crippen molar-refractivity contribution in [2.75, 3.05) is 20.3 Å². The molecule has 0 atom stereocenters. The monoisotopic (exact) mass is 280 g/mol. The summed E-state index contributed by atoms with van der Waals surface area (Å²) in [6, 6.07) is 5.56. The van der Waals surface area contributed by atoms with Gasteiger partial charge in [-0.05, 0) is 18.9 Å². The molecule has 0 saturated carbocycles. The Morgan fingerprint density at radius 1 is 1.53 bits per heavy atom. The van der Waals surface area contributed by atoms with E-state index in [0.717, 1.165) is 0 Å². The number of hydrogen-bond donors (Lipinski definition) is 0. The first kappa shape index (κ1) is 13.8. The van der Waals surface area contributed by atoms with Crippen LogP contribution < -0.4 is 0 Å². The first-order valence-corrected chi connectivity index (χ1v) is 6.25. The van der Waals surface area contributed by atoms with Crippen LogP contribution in [0.4, 0.5) is 0 Å². The van der Waals surface area contributed by atoms with Crippen LogP contribution in [0.3, 0.4) is 0 Å². The number of pyridine rings is 1. The fourth-order valence-corrected chi connectivity index (χ4v) is 2.38. The van der Waals surface area contributed by atoms with Gasteiger partial charge in [0.1, 0.15) is 5.15 Å². The summed E-state index contributed by atoms with van der Waals surface area (Å²) >= 11 is 5.82. The maximum absolute atomic E-state index is 11.8. The molecule has 6 heteroatoms. The molecule has 19 heavy (non-hydrogen) atoms. The van der Waals surface area contributed by atoms with Gasteiger partial charge in [-0.1, -0.05) is 17.7 Å². The number of carbonyl (C=O) groups is 1. The van der Waals surface area contributed by atoms with E-state index in [1.807, 2.05) is 0 Å². The normalized spacial score (nSPS) is 17.5. The van der Waals surface area contributed by atoms with Crippen LogP contribution in [-0.2, 0) is 14.9 Å². The molecule has 2 rings (SSSR count). The topological polar surface area (TPSA) is 72.2 Å². The number of rotatable bonds is 2. The van der Waals surface area contributed by atoms with E-state index in [-0.39, 0.29) is 10.8 Å². The van der Waals surface area contributed by atoms with Crippen LogP contribution >= 0.6 is 11.6 Å². The Hall–Kier alpha value is -1.64. The van der Waals surface area contributed by atoms with Crippen molar-refractivity contribution in [3.05, 3.63) is 28.5 Å². The van der Waals surface area contributed by atoms with Crippen LogP contribution in [0.15, 0.2) is 12.1 Å². The molecule has 1 saturated heterocycles. The highest BCUT2D eigenvalue weighted by atomic mass is 35.5. The molecule has 0 aliphatic carbocycles. The van der Waals surface area contributed by atoms with Gasteiger partial charge in [0.05, 0.1) is 18.6 Å². The van der Waals surface area contributed by atoms with Crippen molar-refractivity contribution in [3.8, 4) is 6.07 Å². The minimum atomic E-state index is -0.765. The highest BCUT2D eigenvalue weighted by Crippen LogP contribution is 2.36. The smallest absolute Gasteiger partial charge is 0.357 e. The largest absolute Gasteiger partial charge is 0.464 e. The molecule has 1 aliphatic rings. The SMILES string of the molecule is COC(=O)c1nc(Cl)ccc1C1(C#N)CCOCC1. The van der Waals surface area contributed by atoms with Gasteiger partial charge < -0.3 is 9.47 Å². The van der Waals surface area contributed by atoms with E-state index >= 15 is 0 Å². The molecule has 0 aromatic carbocycles. The van der Waals surface area contributed by atoms with Crippen molar-refractivity contribution in [1.29, 1.82) is 5.26 Å². The Balaban J connectivity index is 2.54. The number of nitriles is 1. The standard InChI is InChI=1S/C13H13ClN2O3/c1-18-12(17)11-9(2-3-10(14)16-11)13(8-15)4-6-19-7-5-13/h2-3H,4-7H2,1H3. The summed E-state index contributed by atoms with van der Waals surface area (Å²) in [4.78, 5) is 15.8. The van der Waals surface area contributed by atoms with Crippen LogP contribution in [0, 0.1) is 11.3 Å². The maximum atomic E-state index is 11.8. The molecule has 1 aliphatic heterocycles. The second-order valence-electron chi connectivity index (χ2n) is 4.33. The number of carbonyl (C=O) groups excluding carboxylic acids is 1. The van der Waals surface area contributed by atoms with Crippen LogP contribution in [-0.4, -0.2) is 31.3 Å². The number of esters is 1. The number of halogens is 1. The third-order valence-electron chi connectivity index (χ3n) is 3.32. The lowest BCUT2D eigenvalue weighted by molar-refractivity contribution is 0.0566. The van der Waals surface area contributed by atoms with Gasteiger partial charge in [0.25, 0.3) is 0 Å². The minimum absolute atomic E-state index is 0.110. The van der Waals surface area contributed by atoms with Gasteiger partial charge >= 0.3 is 5.97 Å². The second-order valence-corrected chi connectivity index (χ2v) is 4.72. The van der Waals surface area contributed by atoms with E-state index in [1.54, 1.807) is 12.1 Å². The summed E-state index contributed by atoms with van der Waals surface area (Å²) in [5.41, 5.74) is -0.0904. The zero-order valence-electron chi connectivity index (χ0n) is 10.5. The van der Waals surface area contributed by atoms with Crippen molar-refractivity contribution in [2.45, 2.75) is 18.3 Å². The van der Waals surface area contributed by atoms with Crippen LogP contribution in [0.1, 0.15) is 28.9 Å². The summed E-state index contributed by atoms with van der Waals surface area (Å²) in [6.07, 6.45) is 1.05. The van der Waals surface area contributed by atoms with E-state index in [0.29, 0.717) is 31.6 Å². The first-order chi connectivity index (χ1) is 9.13. The van der Waals surface area contributed by atoms with Gasteiger partial charge in [0.2, 0.25) is 0 Å². The number of methoxy groups -OCH3 is 1. The minimum Gasteiger partial charge on any atom is -0.464 e. The number of hydrogen-bond acceptors (Lipinski definition) is 5. The van der Waals surface area contributed by atoms with Gasteiger partial charge in [-0.2, -0.15) is 5.26 Å². The van der Waals surface area contributed by atoms with E-state index < -0.39 is 11.4 Å². The van der Waals surface area contributed by atoms with Crippen LogP contribution in [0.25, 0.3) is 0 Å². The number of ether oxygens (including phenoxy) is 2. The molecular weight excluding hydrogens is 268 g/mol. The fourth-order valence-electron chi connectivity index (χ4n) is 2.24. The van der Waals surface area contributed by atoms with Crippen LogP contribution in [0.2, 0.25) is 5.15 Å². The Morgan fingerprint density at radius 2 is 2.21 bits per heavy atom. The Labute approximate surface area is 116 Å². The Kier molecular flexibility index (Phi) is 4.03. The molecule has 1 fully saturated rings. The number of nitrogens with zero attached hydrogens (tertiary/aromatic N) is 2. The predicted octanol–water partition coefficient (Wildman–Crippen LogP) is 2.09. The lowest BCUT2D eigenvalue weighted by Gasteiger charge is -2.31. The average molecular weight is 281 g/mol. The van der Waals surface area contributed by atoms with Gasteiger partial charge in [0, 0.05) is 18.8 Å². The van der Waals surface area contributed by atoms with Crippen LogP contribution in [0.5, 0.6) is 0 Å². The summed E-state index contributed by atoms with van der Waals surface area (Å²) < 4.78 is 10.00. The Bertz CT molecular complexity index is 533. The van der Waals surface area contributed by atoms with Crippen molar-refractivity contribution < 1.29 is 14.3 Å². The van der Waals surface area contributed by atoms with E-state index in [9.17, 15) is 10.1 Å². The quantitative estimate of drug-likeness (QED) is 0.613. The highest BCUT2D eigenvalue weighted by Gasteiger charge is 2.38. The molecule has 2 heterocycles. The molecule has 0 unspecified atom stereocenters. The molecule has 0 radical (unpaired) electrons. The molecule has 0 spiro atoms. The van der Waals surface area contributed by atoms with Crippen molar-refractivity contribution >= 4 is 17.6 Å². The fraction of sp³-hybridized carbons (Fsp3) is 0.462. The lowest BCUT2D eigenvalue weighted by Crippen LogP contribution is -2.34. The van der Waals surface area contributed by atoms with Crippen molar-refractivity contribution in [1.82, 2.24) is 4.98 Å². The first-order valence-electron chi connectivity index (χ1n) is 5.87. The average Bonchev–Trinajstić information content (AvgIpc) is 2.47. The molecule has 0 N–H and O–H groups in total. The molecule has 100 valence electrons. The van der Waals surface area contributed by atoms with Gasteiger partial charge in [-0.25, -0.2) is 9.78 Å². The summed E-state index contributed by atoms with van der Waals surface area (Å²) in [6.45, 7) is 0.966. The third-order valence-corrected chi connectivity index (χ3v) is 3.53. The predicted molar refractivity (Wildman–Crippen MR) is 67.9 cm³/mol. The molecular formula is C13H13ClN2O3. The third kappa shape index (κ3) is 2.55. The molecule has 5 nitrogen and oxygen atoms in total. The van der Waals surface area contributed by atoms with E-state index in [4.69, 9.17) is 21.1 Å². The van der Waals surface area contributed by atoms with Gasteiger partial charge in [-0.15, -0.1) is 0 Å². The van der Waals surface area contributed by atoms with Gasteiger partial charge in [-0.3, -0.25) is 0 Å². The molecule has 1 aromatic heterocycles.